The van der Waals surface area contributed by atoms with Crippen molar-refractivity contribution in [3.05, 3.63) is 65.5 Å². The Hall–Kier alpha value is -2.29. The molecule has 27 heavy (non-hydrogen) atoms. The first-order chi connectivity index (χ1) is 12.9. The van der Waals surface area contributed by atoms with Crippen molar-refractivity contribution in [2.75, 3.05) is 24.4 Å². The number of hydrogen-bond acceptors (Lipinski definition) is 3. The van der Waals surface area contributed by atoms with E-state index in [2.05, 4.69) is 9.62 Å². The van der Waals surface area contributed by atoms with Gasteiger partial charge in [-0.1, -0.05) is 18.2 Å². The number of carbonyl (C=O) groups is 1. The van der Waals surface area contributed by atoms with Gasteiger partial charge in [-0.25, -0.2) is 8.60 Å². The van der Waals surface area contributed by atoms with Crippen molar-refractivity contribution in [2.45, 2.75) is 19.5 Å². The van der Waals surface area contributed by atoms with E-state index in [0.29, 0.717) is 43.0 Å². The smallest absolute Gasteiger partial charge is 0.259 e. The van der Waals surface area contributed by atoms with Gasteiger partial charge in [0.25, 0.3) is 17.2 Å². The van der Waals surface area contributed by atoms with Crippen LogP contribution >= 0.6 is 0 Å². The Balaban J connectivity index is 1.61. The number of benzene rings is 2. The van der Waals surface area contributed by atoms with Crippen molar-refractivity contribution in [1.29, 1.82) is 0 Å². The minimum Gasteiger partial charge on any atom is -0.333 e. The summed E-state index contributed by atoms with van der Waals surface area (Å²) >= 11 is -2.14. The van der Waals surface area contributed by atoms with E-state index < -0.39 is 11.3 Å². The fourth-order valence-electron chi connectivity index (χ4n) is 3.29. The number of amides is 1. The molecule has 6 nitrogen and oxygen atoms in total. The van der Waals surface area contributed by atoms with E-state index in [0.717, 1.165) is 0 Å². The Labute approximate surface area is 160 Å². The number of halogens is 1. The lowest BCUT2D eigenvalue weighted by atomic mass is 10.1. The molecule has 0 bridgehead atoms. The molecule has 0 saturated carbocycles. The number of nitrogens with zero attached hydrogens (tertiary/aromatic N) is 2. The minimum atomic E-state index is -2.14. The summed E-state index contributed by atoms with van der Waals surface area (Å²) in [5.41, 5.74) is 1.66. The van der Waals surface area contributed by atoms with Crippen molar-refractivity contribution in [3.8, 4) is 0 Å². The van der Waals surface area contributed by atoms with Gasteiger partial charge in [0.15, 0.2) is 0 Å². The first kappa shape index (κ1) is 19.5. The topological polar surface area (TPSA) is 72.9 Å². The summed E-state index contributed by atoms with van der Waals surface area (Å²) in [6.45, 7) is 4.42. The zero-order valence-corrected chi connectivity index (χ0v) is 15.8. The summed E-state index contributed by atoms with van der Waals surface area (Å²) in [6.07, 6.45) is 0. The Morgan fingerprint density at radius 1 is 1.22 bits per heavy atom. The summed E-state index contributed by atoms with van der Waals surface area (Å²) in [7, 11) is 0. The van der Waals surface area contributed by atoms with Crippen LogP contribution in [0.3, 0.4) is 0 Å². The molecule has 1 fully saturated rings. The number of anilines is 1. The lowest BCUT2D eigenvalue weighted by molar-refractivity contribution is 0.0473. The van der Waals surface area contributed by atoms with Gasteiger partial charge in [-0.15, -0.1) is 0 Å². The second-order valence-corrected chi connectivity index (χ2v) is 7.31. The van der Waals surface area contributed by atoms with Gasteiger partial charge in [0.1, 0.15) is 5.82 Å². The fraction of sp³-hybridized carbons (Fsp3) is 0.316. The van der Waals surface area contributed by atoms with Crippen molar-refractivity contribution < 1.29 is 17.9 Å². The van der Waals surface area contributed by atoms with E-state index >= 15 is 0 Å². The molecule has 2 aromatic carbocycles. The summed E-state index contributed by atoms with van der Waals surface area (Å²) in [5, 5.41) is 0. The van der Waals surface area contributed by atoms with Gasteiger partial charge in [-0.3, -0.25) is 19.0 Å². The number of piperazine rings is 1. The SMILES string of the molecule is C[C@H]1CN(Cc2ccccc2F)CCN1C(=O)c1ccc(NS(=O)O)cc1. The molecular weight excluding hydrogens is 369 g/mol. The average Bonchev–Trinajstić information content (AvgIpc) is 2.63. The van der Waals surface area contributed by atoms with E-state index in [4.69, 9.17) is 4.55 Å². The third-order valence-corrected chi connectivity index (χ3v) is 5.07. The zero-order valence-electron chi connectivity index (χ0n) is 15.0. The number of carbonyl (C=O) groups excluding carboxylic acids is 1. The maximum atomic E-state index is 13.8. The molecule has 2 atom stereocenters. The number of hydrogen-bond donors (Lipinski definition) is 2. The standard InChI is InChI=1S/C19H22FN3O3S/c1-14-12-22(13-16-4-2-3-5-18(16)20)10-11-23(14)19(24)15-6-8-17(9-7-15)21-27(25)26/h2-9,14,21H,10-13H2,1H3,(H,25,26)/t14-/m0/s1. The van der Waals surface area contributed by atoms with Crippen molar-refractivity contribution in [2.24, 2.45) is 0 Å². The highest BCUT2D eigenvalue weighted by atomic mass is 32.2. The molecule has 0 spiro atoms. The molecule has 1 aliphatic rings. The number of nitrogens with one attached hydrogen (secondary N) is 1. The van der Waals surface area contributed by atoms with Crippen molar-refractivity contribution >= 4 is 22.9 Å². The summed E-state index contributed by atoms with van der Waals surface area (Å²) in [5.74, 6) is -0.286. The molecule has 1 heterocycles. The van der Waals surface area contributed by atoms with E-state index in [1.807, 2.05) is 17.9 Å². The second-order valence-electron chi connectivity index (χ2n) is 6.60. The van der Waals surface area contributed by atoms with Crippen LogP contribution in [-0.4, -0.2) is 50.1 Å². The molecule has 2 N–H and O–H groups in total. The van der Waals surface area contributed by atoms with Crippen LogP contribution in [0.25, 0.3) is 0 Å². The Morgan fingerprint density at radius 3 is 2.56 bits per heavy atom. The lowest BCUT2D eigenvalue weighted by Gasteiger charge is -2.40. The molecular formula is C19H22FN3O3S. The average molecular weight is 391 g/mol. The third kappa shape index (κ3) is 4.91. The van der Waals surface area contributed by atoms with Gasteiger partial charge < -0.3 is 4.90 Å². The van der Waals surface area contributed by atoms with E-state index in [-0.39, 0.29) is 17.8 Å². The molecule has 1 unspecified atom stereocenters. The van der Waals surface area contributed by atoms with Gasteiger partial charge in [0.05, 0.1) is 0 Å². The van der Waals surface area contributed by atoms with Crippen molar-refractivity contribution in [3.63, 3.8) is 0 Å². The fourth-order valence-corrected chi connectivity index (χ4v) is 3.63. The Bertz CT molecular complexity index is 831. The van der Waals surface area contributed by atoms with Crippen LogP contribution < -0.4 is 4.72 Å². The summed E-state index contributed by atoms with van der Waals surface area (Å²) in [6, 6.07) is 13.2. The second kappa shape index (κ2) is 8.60. The van der Waals surface area contributed by atoms with E-state index in [9.17, 15) is 13.4 Å². The Kier molecular flexibility index (Phi) is 6.20. The highest BCUT2D eigenvalue weighted by Crippen LogP contribution is 2.18. The van der Waals surface area contributed by atoms with Gasteiger partial charge >= 0.3 is 0 Å². The van der Waals surface area contributed by atoms with E-state index in [1.54, 1.807) is 36.4 Å². The Morgan fingerprint density at radius 2 is 1.93 bits per heavy atom. The minimum absolute atomic E-state index is 0.000713. The first-order valence-corrected chi connectivity index (χ1v) is 9.79. The van der Waals surface area contributed by atoms with Gasteiger partial charge in [0, 0.05) is 49.0 Å². The van der Waals surface area contributed by atoms with Crippen molar-refractivity contribution in [1.82, 2.24) is 9.80 Å². The monoisotopic (exact) mass is 391 g/mol. The molecule has 0 aromatic heterocycles. The molecule has 0 aliphatic carbocycles. The maximum Gasteiger partial charge on any atom is 0.259 e. The quantitative estimate of drug-likeness (QED) is 0.769. The van der Waals surface area contributed by atoms with Crippen LogP contribution in [0, 0.1) is 5.82 Å². The van der Waals surface area contributed by atoms with Crippen LogP contribution in [0.4, 0.5) is 10.1 Å². The molecule has 2 aromatic rings. The summed E-state index contributed by atoms with van der Waals surface area (Å²) < 4.78 is 35.8. The van der Waals surface area contributed by atoms with Gasteiger partial charge in [0.2, 0.25) is 0 Å². The van der Waals surface area contributed by atoms with Crippen LogP contribution in [-0.2, 0) is 17.8 Å². The molecule has 0 radical (unpaired) electrons. The van der Waals surface area contributed by atoms with Crippen LogP contribution in [0.1, 0.15) is 22.8 Å². The molecule has 8 heteroatoms. The molecule has 1 aliphatic heterocycles. The predicted octanol–water partition coefficient (Wildman–Crippen LogP) is 2.72. The van der Waals surface area contributed by atoms with Crippen LogP contribution in [0.5, 0.6) is 0 Å². The summed E-state index contributed by atoms with van der Waals surface area (Å²) in [4.78, 5) is 16.7. The van der Waals surface area contributed by atoms with Gasteiger partial charge in [-0.05, 0) is 37.3 Å². The highest BCUT2D eigenvalue weighted by molar-refractivity contribution is 7.80. The normalized spacial score (nSPS) is 18.9. The largest absolute Gasteiger partial charge is 0.333 e. The predicted molar refractivity (Wildman–Crippen MR) is 103 cm³/mol. The molecule has 1 amide bonds. The van der Waals surface area contributed by atoms with Crippen LogP contribution in [0.15, 0.2) is 48.5 Å². The zero-order chi connectivity index (χ0) is 19.4. The molecule has 1 saturated heterocycles. The van der Waals surface area contributed by atoms with E-state index in [1.165, 1.54) is 6.07 Å². The third-order valence-electron chi connectivity index (χ3n) is 4.66. The maximum absolute atomic E-state index is 13.8. The first-order valence-electron chi connectivity index (χ1n) is 8.68. The van der Waals surface area contributed by atoms with Gasteiger partial charge in [-0.2, -0.15) is 0 Å². The molecule has 144 valence electrons. The molecule has 3 rings (SSSR count). The highest BCUT2D eigenvalue weighted by Gasteiger charge is 2.28. The number of rotatable bonds is 5. The van der Waals surface area contributed by atoms with Crippen LogP contribution in [0.2, 0.25) is 0 Å². The lowest BCUT2D eigenvalue weighted by Crippen LogP contribution is -2.53.